The third-order valence-electron chi connectivity index (χ3n) is 3.61. The van der Waals surface area contributed by atoms with E-state index in [-0.39, 0.29) is 6.04 Å². The van der Waals surface area contributed by atoms with E-state index in [1.807, 2.05) is 18.2 Å². The molecule has 3 rings (SSSR count). The van der Waals surface area contributed by atoms with Crippen LogP contribution in [0.1, 0.15) is 18.5 Å². The van der Waals surface area contributed by atoms with Crippen molar-refractivity contribution in [2.45, 2.75) is 13.0 Å². The molecule has 0 aliphatic carbocycles. The van der Waals surface area contributed by atoms with E-state index in [2.05, 4.69) is 60.2 Å². The van der Waals surface area contributed by atoms with Gasteiger partial charge in [-0.05, 0) is 6.07 Å². The molecule has 2 N–H and O–H groups in total. The van der Waals surface area contributed by atoms with E-state index in [1.165, 1.54) is 11.1 Å². The first kappa shape index (κ1) is 11.7. The molecule has 2 aromatic carbocycles. The van der Waals surface area contributed by atoms with Crippen molar-refractivity contribution in [2.24, 2.45) is 0 Å². The maximum absolute atomic E-state index is 6.05. The Morgan fingerprint density at radius 3 is 2.37 bits per heavy atom. The number of hydrogen-bond donors (Lipinski definition) is 1. The average molecular weight is 249 g/mol. The lowest BCUT2D eigenvalue weighted by Gasteiger charge is -2.10. The van der Waals surface area contributed by atoms with E-state index in [9.17, 15) is 0 Å². The largest absolute Gasteiger partial charge is 0.398 e. The minimum atomic E-state index is 0.284. The number of anilines is 1. The van der Waals surface area contributed by atoms with Crippen LogP contribution >= 0.6 is 0 Å². The minimum absolute atomic E-state index is 0.284. The number of nitrogen functional groups attached to an aromatic ring is 1. The molecular formula is C17H17N2+. The summed E-state index contributed by atoms with van der Waals surface area (Å²) in [6, 6.07) is 21.0. The average Bonchev–Trinajstić information content (AvgIpc) is 2.48. The molecule has 0 amide bonds. The second-order valence-corrected chi connectivity index (χ2v) is 4.78. The number of pyridine rings is 1. The number of rotatable bonds is 2. The topological polar surface area (TPSA) is 29.9 Å². The van der Waals surface area contributed by atoms with Crippen LogP contribution in [-0.2, 0) is 0 Å². The van der Waals surface area contributed by atoms with E-state index < -0.39 is 0 Å². The molecule has 0 bridgehead atoms. The summed E-state index contributed by atoms with van der Waals surface area (Å²) in [5, 5.41) is 1.10. The van der Waals surface area contributed by atoms with E-state index in [1.54, 1.807) is 0 Å². The van der Waals surface area contributed by atoms with E-state index in [4.69, 9.17) is 5.73 Å². The lowest BCUT2D eigenvalue weighted by molar-refractivity contribution is -0.685. The first-order valence-corrected chi connectivity index (χ1v) is 6.50. The maximum Gasteiger partial charge on any atom is 0.215 e. The van der Waals surface area contributed by atoms with Crippen molar-refractivity contribution in [2.75, 3.05) is 5.73 Å². The highest BCUT2D eigenvalue weighted by atomic mass is 15.0. The van der Waals surface area contributed by atoms with Crippen molar-refractivity contribution in [1.82, 2.24) is 0 Å². The van der Waals surface area contributed by atoms with Crippen molar-refractivity contribution in [3.63, 3.8) is 0 Å². The Kier molecular flexibility index (Phi) is 2.92. The molecule has 1 unspecified atom stereocenters. The molecule has 0 aliphatic rings. The van der Waals surface area contributed by atoms with Crippen LogP contribution in [-0.4, -0.2) is 0 Å². The molecule has 1 atom stereocenters. The van der Waals surface area contributed by atoms with Crippen LogP contribution in [0.4, 0.5) is 5.69 Å². The molecule has 0 fully saturated rings. The number of nitrogens with two attached hydrogens (primary N) is 1. The Balaban J connectivity index is 2.18. The smallest absolute Gasteiger partial charge is 0.215 e. The maximum atomic E-state index is 6.05. The Hall–Kier alpha value is -2.35. The monoisotopic (exact) mass is 249 g/mol. The standard InChI is InChI=1S/C17H16N2/c1-13(14-7-3-2-4-8-14)19-12-11-16(18)15-9-5-6-10-17(15)19/h2-13,18H,1H3/p+1. The molecule has 0 saturated carbocycles. The van der Waals surface area contributed by atoms with Crippen LogP contribution in [0.15, 0.2) is 66.9 Å². The van der Waals surface area contributed by atoms with Gasteiger partial charge in [0.25, 0.3) is 0 Å². The number of benzene rings is 2. The fourth-order valence-corrected chi connectivity index (χ4v) is 2.50. The molecule has 0 spiro atoms. The molecule has 0 aliphatic heterocycles. The van der Waals surface area contributed by atoms with Crippen molar-refractivity contribution < 1.29 is 4.57 Å². The summed E-state index contributed by atoms with van der Waals surface area (Å²) < 4.78 is 2.26. The van der Waals surface area contributed by atoms with Gasteiger partial charge in [-0.1, -0.05) is 42.5 Å². The highest BCUT2D eigenvalue weighted by Gasteiger charge is 2.18. The van der Waals surface area contributed by atoms with Crippen molar-refractivity contribution in [3.05, 3.63) is 72.4 Å². The molecule has 2 heteroatoms. The SMILES string of the molecule is CC(c1ccccc1)[n+]1ccc(N)c2ccccc21. The Labute approximate surface area is 113 Å². The van der Waals surface area contributed by atoms with Crippen LogP contribution in [0.2, 0.25) is 0 Å². The van der Waals surface area contributed by atoms with E-state index >= 15 is 0 Å². The van der Waals surface area contributed by atoms with Gasteiger partial charge in [0.1, 0.15) is 0 Å². The molecule has 0 saturated heterocycles. The van der Waals surface area contributed by atoms with Crippen molar-refractivity contribution in [1.29, 1.82) is 0 Å². The lowest BCUT2D eigenvalue weighted by atomic mass is 10.1. The molecule has 1 aromatic heterocycles. The third kappa shape index (κ3) is 2.06. The predicted molar refractivity (Wildman–Crippen MR) is 78.8 cm³/mol. The van der Waals surface area contributed by atoms with E-state index in [0.717, 1.165) is 11.1 Å². The Bertz CT molecular complexity index is 705. The van der Waals surface area contributed by atoms with Gasteiger partial charge in [-0.3, -0.25) is 0 Å². The Morgan fingerprint density at radius 2 is 1.58 bits per heavy atom. The zero-order valence-corrected chi connectivity index (χ0v) is 11.0. The Morgan fingerprint density at radius 1 is 0.895 bits per heavy atom. The first-order chi connectivity index (χ1) is 9.27. The van der Waals surface area contributed by atoms with Gasteiger partial charge in [-0.2, -0.15) is 4.57 Å². The fraction of sp³-hybridized carbons (Fsp3) is 0.118. The predicted octanol–water partition coefficient (Wildman–Crippen LogP) is 3.32. The van der Waals surface area contributed by atoms with Crippen LogP contribution in [0.5, 0.6) is 0 Å². The molecule has 94 valence electrons. The summed E-state index contributed by atoms with van der Waals surface area (Å²) in [6.45, 7) is 2.21. The second-order valence-electron chi connectivity index (χ2n) is 4.78. The van der Waals surface area contributed by atoms with Crippen LogP contribution in [0.25, 0.3) is 10.9 Å². The van der Waals surface area contributed by atoms with Crippen LogP contribution in [0.3, 0.4) is 0 Å². The van der Waals surface area contributed by atoms with Gasteiger partial charge in [-0.25, -0.2) is 0 Å². The fourth-order valence-electron chi connectivity index (χ4n) is 2.50. The minimum Gasteiger partial charge on any atom is -0.398 e. The zero-order chi connectivity index (χ0) is 13.2. The van der Waals surface area contributed by atoms with Gasteiger partial charge < -0.3 is 5.73 Å². The normalized spacial score (nSPS) is 12.5. The summed E-state index contributed by atoms with van der Waals surface area (Å²) in [4.78, 5) is 0. The summed E-state index contributed by atoms with van der Waals surface area (Å²) in [5.41, 5.74) is 9.34. The second kappa shape index (κ2) is 4.73. The summed E-state index contributed by atoms with van der Waals surface area (Å²) in [5.74, 6) is 0. The molecule has 0 radical (unpaired) electrons. The quantitative estimate of drug-likeness (QED) is 0.694. The number of aromatic nitrogens is 1. The molecule has 1 heterocycles. The van der Waals surface area contributed by atoms with E-state index in [0.29, 0.717) is 0 Å². The zero-order valence-electron chi connectivity index (χ0n) is 11.0. The summed E-state index contributed by atoms with van der Waals surface area (Å²) in [6.07, 6.45) is 2.06. The van der Waals surface area contributed by atoms with Gasteiger partial charge in [-0.15, -0.1) is 0 Å². The van der Waals surface area contributed by atoms with Gasteiger partial charge in [0, 0.05) is 24.6 Å². The highest BCUT2D eigenvalue weighted by molar-refractivity contribution is 5.87. The number of fused-ring (bicyclic) bond motifs is 1. The third-order valence-corrected chi connectivity index (χ3v) is 3.61. The number of nitrogens with zero attached hydrogens (tertiary/aromatic N) is 1. The summed E-state index contributed by atoms with van der Waals surface area (Å²) >= 11 is 0. The lowest BCUT2D eigenvalue weighted by Crippen LogP contribution is -2.38. The highest BCUT2D eigenvalue weighted by Crippen LogP contribution is 2.20. The van der Waals surface area contributed by atoms with Crippen molar-refractivity contribution >= 4 is 16.6 Å². The molecule has 19 heavy (non-hydrogen) atoms. The number of para-hydroxylation sites is 1. The van der Waals surface area contributed by atoms with Crippen LogP contribution in [0, 0.1) is 0 Å². The number of hydrogen-bond acceptors (Lipinski definition) is 1. The molecule has 2 nitrogen and oxygen atoms in total. The first-order valence-electron chi connectivity index (χ1n) is 6.50. The summed E-state index contributed by atoms with van der Waals surface area (Å²) in [7, 11) is 0. The van der Waals surface area contributed by atoms with Crippen LogP contribution < -0.4 is 10.3 Å². The van der Waals surface area contributed by atoms with Gasteiger partial charge >= 0.3 is 0 Å². The van der Waals surface area contributed by atoms with Crippen molar-refractivity contribution in [3.8, 4) is 0 Å². The van der Waals surface area contributed by atoms with Gasteiger partial charge in [0.05, 0.1) is 11.1 Å². The van der Waals surface area contributed by atoms with Gasteiger partial charge in [0.2, 0.25) is 5.52 Å². The van der Waals surface area contributed by atoms with Gasteiger partial charge in [0.15, 0.2) is 12.2 Å². The molecular weight excluding hydrogens is 232 g/mol. The molecule has 3 aromatic rings.